The van der Waals surface area contributed by atoms with Gasteiger partial charge in [0.2, 0.25) is 0 Å². The Balaban J connectivity index is 2.50. The number of sulfone groups is 1. The fourth-order valence-corrected chi connectivity index (χ4v) is 2.63. The van der Waals surface area contributed by atoms with Gasteiger partial charge in [-0.15, -0.1) is 0 Å². The minimum atomic E-state index is -3.34. The summed E-state index contributed by atoms with van der Waals surface area (Å²) in [6.45, 7) is 0. The number of halogens is 1. The maximum Gasteiger partial charge on any atom is 0.307 e. The van der Waals surface area contributed by atoms with Gasteiger partial charge in [-0.2, -0.15) is 0 Å². The predicted molar refractivity (Wildman–Crippen MR) is 76.3 cm³/mol. The second kappa shape index (κ2) is 5.65. The minimum absolute atomic E-state index is 0.0600. The molecule has 0 aliphatic heterocycles. The lowest BCUT2D eigenvalue weighted by Gasteiger charge is -2.07. The van der Waals surface area contributed by atoms with E-state index in [1.54, 1.807) is 12.1 Å². The zero-order valence-electron chi connectivity index (χ0n) is 11.2. The summed E-state index contributed by atoms with van der Waals surface area (Å²) in [5.41, 5.74) is 1.22. The third kappa shape index (κ3) is 3.66. The summed E-state index contributed by atoms with van der Waals surface area (Å²) in [6.07, 6.45) is 0.679. The normalized spacial score (nSPS) is 11.3. The molecule has 0 amide bonds. The van der Waals surface area contributed by atoms with Crippen molar-refractivity contribution in [3.8, 4) is 11.1 Å². The molecule has 0 atom stereocenters. The van der Waals surface area contributed by atoms with Gasteiger partial charge in [-0.3, -0.25) is 4.79 Å². The van der Waals surface area contributed by atoms with Crippen LogP contribution in [0.1, 0.15) is 5.56 Å². The van der Waals surface area contributed by atoms with E-state index in [4.69, 9.17) is 5.11 Å². The average molecular weight is 308 g/mol. The molecule has 2 aromatic carbocycles. The van der Waals surface area contributed by atoms with Crippen LogP contribution in [0.2, 0.25) is 0 Å². The summed E-state index contributed by atoms with van der Waals surface area (Å²) < 4.78 is 36.6. The molecule has 2 aromatic rings. The van der Waals surface area contributed by atoms with E-state index in [1.807, 2.05) is 0 Å². The van der Waals surface area contributed by atoms with Crippen molar-refractivity contribution < 1.29 is 22.7 Å². The molecule has 0 fully saturated rings. The highest BCUT2D eigenvalue weighted by atomic mass is 32.2. The molecule has 4 nitrogen and oxygen atoms in total. The molecule has 110 valence electrons. The van der Waals surface area contributed by atoms with Crippen molar-refractivity contribution in [2.24, 2.45) is 0 Å². The maximum atomic E-state index is 13.6. The molecule has 0 radical (unpaired) electrons. The lowest BCUT2D eigenvalue weighted by Crippen LogP contribution is -2.02. The highest BCUT2D eigenvalue weighted by Crippen LogP contribution is 2.25. The van der Waals surface area contributed by atoms with Gasteiger partial charge in [-0.25, -0.2) is 12.8 Å². The van der Waals surface area contributed by atoms with Gasteiger partial charge >= 0.3 is 5.97 Å². The van der Waals surface area contributed by atoms with Gasteiger partial charge in [0.1, 0.15) is 5.82 Å². The molecule has 0 saturated heterocycles. The van der Waals surface area contributed by atoms with Crippen LogP contribution in [0.15, 0.2) is 47.4 Å². The molecule has 0 saturated carbocycles. The van der Waals surface area contributed by atoms with Crippen molar-refractivity contribution in [2.75, 3.05) is 6.26 Å². The lowest BCUT2D eigenvalue weighted by molar-refractivity contribution is -0.136. The Morgan fingerprint density at radius 1 is 1.14 bits per heavy atom. The van der Waals surface area contributed by atoms with Gasteiger partial charge in [0.15, 0.2) is 9.84 Å². The first-order valence-electron chi connectivity index (χ1n) is 6.08. The summed E-state index contributed by atoms with van der Waals surface area (Å²) in [4.78, 5) is 10.9. The largest absolute Gasteiger partial charge is 0.481 e. The zero-order valence-corrected chi connectivity index (χ0v) is 12.0. The van der Waals surface area contributed by atoms with Gasteiger partial charge in [0, 0.05) is 6.26 Å². The number of hydrogen-bond donors (Lipinski definition) is 1. The predicted octanol–water partition coefficient (Wildman–Crippen LogP) is 2.52. The third-order valence-corrected chi connectivity index (χ3v) is 4.09. The smallest absolute Gasteiger partial charge is 0.307 e. The average Bonchev–Trinajstić information content (AvgIpc) is 2.40. The Bertz CT molecular complexity index is 797. The zero-order chi connectivity index (χ0) is 15.6. The van der Waals surface area contributed by atoms with E-state index in [1.165, 1.54) is 30.3 Å². The van der Waals surface area contributed by atoms with Gasteiger partial charge in [0.25, 0.3) is 0 Å². The van der Waals surface area contributed by atoms with Crippen LogP contribution in [0.3, 0.4) is 0 Å². The maximum absolute atomic E-state index is 13.6. The second-order valence-corrected chi connectivity index (χ2v) is 6.69. The van der Waals surface area contributed by atoms with Gasteiger partial charge in [-0.05, 0) is 41.0 Å². The molecular weight excluding hydrogens is 295 g/mol. The first-order valence-corrected chi connectivity index (χ1v) is 7.97. The van der Waals surface area contributed by atoms with E-state index >= 15 is 0 Å². The third-order valence-electron chi connectivity index (χ3n) is 2.98. The molecule has 21 heavy (non-hydrogen) atoms. The van der Waals surface area contributed by atoms with Crippen molar-refractivity contribution in [3.05, 3.63) is 53.8 Å². The lowest BCUT2D eigenvalue weighted by atomic mass is 10.0. The number of rotatable bonds is 4. The van der Waals surface area contributed by atoms with E-state index in [0.717, 1.165) is 6.26 Å². The van der Waals surface area contributed by atoms with Crippen LogP contribution in [0.5, 0.6) is 0 Å². The molecular formula is C15H13FO4S. The van der Waals surface area contributed by atoms with Crippen LogP contribution in [0.25, 0.3) is 11.1 Å². The molecule has 1 N–H and O–H groups in total. The van der Waals surface area contributed by atoms with E-state index in [-0.39, 0.29) is 10.5 Å². The molecule has 0 aromatic heterocycles. The molecule has 6 heteroatoms. The highest BCUT2D eigenvalue weighted by Gasteiger charge is 2.11. The number of hydrogen-bond acceptors (Lipinski definition) is 3. The van der Waals surface area contributed by atoms with Gasteiger partial charge in [0.05, 0.1) is 11.3 Å². The Labute approximate surface area is 121 Å². The van der Waals surface area contributed by atoms with E-state index in [9.17, 15) is 17.6 Å². The van der Waals surface area contributed by atoms with Crippen molar-refractivity contribution in [1.82, 2.24) is 0 Å². The number of carboxylic acids is 1. The van der Waals surface area contributed by atoms with Crippen molar-refractivity contribution >= 4 is 15.8 Å². The van der Waals surface area contributed by atoms with E-state index in [0.29, 0.717) is 11.1 Å². The van der Waals surface area contributed by atoms with Crippen LogP contribution < -0.4 is 0 Å². The van der Waals surface area contributed by atoms with Crippen LogP contribution >= 0.6 is 0 Å². The van der Waals surface area contributed by atoms with Crippen LogP contribution in [0.4, 0.5) is 4.39 Å². The molecule has 2 rings (SSSR count). The van der Waals surface area contributed by atoms with Gasteiger partial charge in [-0.1, -0.05) is 18.2 Å². The highest BCUT2D eigenvalue weighted by molar-refractivity contribution is 7.90. The Morgan fingerprint density at radius 3 is 2.43 bits per heavy atom. The Kier molecular flexibility index (Phi) is 4.09. The van der Waals surface area contributed by atoms with Crippen molar-refractivity contribution in [3.63, 3.8) is 0 Å². The molecule has 0 unspecified atom stereocenters. The minimum Gasteiger partial charge on any atom is -0.481 e. The second-order valence-electron chi connectivity index (χ2n) is 4.68. The summed E-state index contributed by atoms with van der Waals surface area (Å²) >= 11 is 0. The monoisotopic (exact) mass is 308 g/mol. The quantitative estimate of drug-likeness (QED) is 0.942. The summed E-state index contributed by atoms with van der Waals surface area (Å²) in [6, 6.07) is 10.3. The van der Waals surface area contributed by atoms with Gasteiger partial charge < -0.3 is 5.11 Å². The molecule has 0 spiro atoms. The molecule has 0 heterocycles. The molecule has 0 aliphatic carbocycles. The standard InChI is InChI=1S/C15H13FO4S/c1-21(19,20)13-4-2-3-10(8-13)11-5-6-14(16)12(7-11)9-15(17)18/h2-8H,9H2,1H3,(H,17,18). The van der Waals surface area contributed by atoms with Crippen LogP contribution in [-0.2, 0) is 21.1 Å². The summed E-state index contributed by atoms with van der Waals surface area (Å²) in [5, 5.41) is 8.76. The first kappa shape index (κ1) is 15.2. The SMILES string of the molecule is CS(=O)(=O)c1cccc(-c2ccc(F)c(CC(=O)O)c2)c1. The van der Waals surface area contributed by atoms with Crippen LogP contribution in [0, 0.1) is 5.82 Å². The van der Waals surface area contributed by atoms with E-state index in [2.05, 4.69) is 0 Å². The van der Waals surface area contributed by atoms with Crippen LogP contribution in [-0.4, -0.2) is 25.7 Å². The van der Waals surface area contributed by atoms with E-state index < -0.39 is 28.0 Å². The number of carbonyl (C=O) groups is 1. The summed E-state index contributed by atoms with van der Waals surface area (Å²) in [7, 11) is -3.34. The Hall–Kier alpha value is -2.21. The number of aliphatic carboxylic acids is 1. The molecule has 0 bridgehead atoms. The van der Waals surface area contributed by atoms with Crippen molar-refractivity contribution in [1.29, 1.82) is 0 Å². The fourth-order valence-electron chi connectivity index (χ4n) is 1.96. The summed E-state index contributed by atoms with van der Waals surface area (Å²) in [5.74, 6) is -1.73. The topological polar surface area (TPSA) is 71.4 Å². The molecule has 0 aliphatic rings. The number of carboxylic acid groups (broad SMARTS) is 1. The Morgan fingerprint density at radius 2 is 1.81 bits per heavy atom. The first-order chi connectivity index (χ1) is 9.77. The fraction of sp³-hybridized carbons (Fsp3) is 0.133. The number of benzene rings is 2. The van der Waals surface area contributed by atoms with Crippen molar-refractivity contribution in [2.45, 2.75) is 11.3 Å².